The van der Waals surface area contributed by atoms with Gasteiger partial charge in [-0.3, -0.25) is 0 Å². The standard InChI is InChI=1S/C15H14N2O2/c1-18-13-8-3-2-5-10(13)14(16)11-6-4-7-12-15(11)19-9-17-12/h2-9,14H,16H2,1H3. The van der Waals surface area contributed by atoms with Crippen LogP contribution in [0, 0.1) is 0 Å². The Balaban J connectivity index is 2.13. The number of fused-ring (bicyclic) bond motifs is 1. The van der Waals surface area contributed by atoms with E-state index in [1.807, 2.05) is 42.5 Å². The van der Waals surface area contributed by atoms with Crippen molar-refractivity contribution in [2.45, 2.75) is 6.04 Å². The lowest BCUT2D eigenvalue weighted by Crippen LogP contribution is -2.13. The van der Waals surface area contributed by atoms with Crippen LogP contribution in [0.15, 0.2) is 53.3 Å². The highest BCUT2D eigenvalue weighted by molar-refractivity contribution is 5.77. The molecule has 0 aliphatic rings. The summed E-state index contributed by atoms with van der Waals surface area (Å²) in [6.45, 7) is 0. The third kappa shape index (κ3) is 1.96. The van der Waals surface area contributed by atoms with Crippen molar-refractivity contribution in [2.75, 3.05) is 7.11 Å². The second-order valence-corrected chi connectivity index (χ2v) is 4.27. The molecule has 4 heteroatoms. The van der Waals surface area contributed by atoms with E-state index < -0.39 is 0 Å². The molecule has 3 aromatic rings. The van der Waals surface area contributed by atoms with E-state index in [1.165, 1.54) is 6.39 Å². The zero-order valence-electron chi connectivity index (χ0n) is 10.5. The average Bonchev–Trinajstić information content (AvgIpc) is 2.94. The summed E-state index contributed by atoms with van der Waals surface area (Å²) in [5, 5.41) is 0. The largest absolute Gasteiger partial charge is 0.496 e. The van der Waals surface area contributed by atoms with Gasteiger partial charge < -0.3 is 14.9 Å². The number of nitrogens with two attached hydrogens (primary N) is 1. The van der Waals surface area contributed by atoms with Crippen LogP contribution in [-0.4, -0.2) is 12.1 Å². The number of hydrogen-bond acceptors (Lipinski definition) is 4. The minimum Gasteiger partial charge on any atom is -0.496 e. The Labute approximate surface area is 110 Å². The van der Waals surface area contributed by atoms with Gasteiger partial charge in [-0.25, -0.2) is 4.98 Å². The van der Waals surface area contributed by atoms with Crippen molar-refractivity contribution in [3.63, 3.8) is 0 Å². The molecule has 1 heterocycles. The van der Waals surface area contributed by atoms with Crippen LogP contribution in [0.2, 0.25) is 0 Å². The highest BCUT2D eigenvalue weighted by Gasteiger charge is 2.17. The topological polar surface area (TPSA) is 61.3 Å². The quantitative estimate of drug-likeness (QED) is 0.780. The zero-order valence-corrected chi connectivity index (χ0v) is 10.5. The third-order valence-corrected chi connectivity index (χ3v) is 3.20. The summed E-state index contributed by atoms with van der Waals surface area (Å²) in [6.07, 6.45) is 1.43. The van der Waals surface area contributed by atoms with Gasteiger partial charge in [0.25, 0.3) is 0 Å². The van der Waals surface area contributed by atoms with Crippen molar-refractivity contribution in [1.29, 1.82) is 0 Å². The molecule has 2 N–H and O–H groups in total. The smallest absolute Gasteiger partial charge is 0.181 e. The molecule has 3 rings (SSSR count). The minimum atomic E-state index is -0.312. The number of para-hydroxylation sites is 2. The minimum absolute atomic E-state index is 0.312. The highest BCUT2D eigenvalue weighted by Crippen LogP contribution is 2.31. The molecule has 0 spiro atoms. The van der Waals surface area contributed by atoms with Crippen molar-refractivity contribution in [3.05, 3.63) is 60.0 Å². The maximum atomic E-state index is 6.35. The number of oxazole rings is 1. The highest BCUT2D eigenvalue weighted by atomic mass is 16.5. The summed E-state index contributed by atoms with van der Waals surface area (Å²) in [7, 11) is 1.64. The molecular weight excluding hydrogens is 240 g/mol. The predicted octanol–water partition coefficient (Wildman–Crippen LogP) is 2.88. The Hall–Kier alpha value is -2.33. The zero-order chi connectivity index (χ0) is 13.2. The van der Waals surface area contributed by atoms with Crippen molar-refractivity contribution in [2.24, 2.45) is 5.73 Å². The first-order valence-electron chi connectivity index (χ1n) is 6.02. The lowest BCUT2D eigenvalue weighted by molar-refractivity contribution is 0.408. The summed E-state index contributed by atoms with van der Waals surface area (Å²) in [4.78, 5) is 4.14. The van der Waals surface area contributed by atoms with Crippen LogP contribution in [0.5, 0.6) is 5.75 Å². The molecule has 0 saturated heterocycles. The molecule has 1 atom stereocenters. The second kappa shape index (κ2) is 4.74. The summed E-state index contributed by atoms with van der Waals surface area (Å²) in [5.41, 5.74) is 9.71. The fourth-order valence-electron chi connectivity index (χ4n) is 2.24. The first-order chi connectivity index (χ1) is 9.31. The third-order valence-electron chi connectivity index (χ3n) is 3.20. The number of methoxy groups -OCH3 is 1. The monoisotopic (exact) mass is 254 g/mol. The molecule has 1 aromatic heterocycles. The van der Waals surface area contributed by atoms with Crippen LogP contribution in [0.25, 0.3) is 11.1 Å². The summed E-state index contributed by atoms with van der Waals surface area (Å²) >= 11 is 0. The summed E-state index contributed by atoms with van der Waals surface area (Å²) in [6, 6.07) is 13.2. The van der Waals surface area contributed by atoms with Crippen LogP contribution in [0.1, 0.15) is 17.2 Å². The normalized spacial score (nSPS) is 12.5. The van der Waals surface area contributed by atoms with E-state index in [-0.39, 0.29) is 6.04 Å². The molecule has 2 aromatic carbocycles. The average molecular weight is 254 g/mol. The Morgan fingerprint density at radius 1 is 1.11 bits per heavy atom. The number of hydrogen-bond donors (Lipinski definition) is 1. The maximum Gasteiger partial charge on any atom is 0.181 e. The number of nitrogens with zero attached hydrogens (tertiary/aromatic N) is 1. The van der Waals surface area contributed by atoms with E-state index in [2.05, 4.69) is 4.98 Å². The number of benzene rings is 2. The molecule has 0 amide bonds. The first-order valence-corrected chi connectivity index (χ1v) is 6.02. The van der Waals surface area contributed by atoms with Crippen molar-refractivity contribution in [1.82, 2.24) is 4.98 Å². The van der Waals surface area contributed by atoms with E-state index in [0.29, 0.717) is 0 Å². The fourth-order valence-corrected chi connectivity index (χ4v) is 2.24. The number of rotatable bonds is 3. The molecule has 0 fully saturated rings. The van der Waals surface area contributed by atoms with Gasteiger partial charge in [0.05, 0.1) is 13.2 Å². The van der Waals surface area contributed by atoms with Gasteiger partial charge in [-0.1, -0.05) is 30.3 Å². The van der Waals surface area contributed by atoms with Gasteiger partial charge in [-0.05, 0) is 12.1 Å². The Morgan fingerprint density at radius 3 is 2.74 bits per heavy atom. The maximum absolute atomic E-state index is 6.35. The molecule has 4 nitrogen and oxygen atoms in total. The second-order valence-electron chi connectivity index (χ2n) is 4.27. The van der Waals surface area contributed by atoms with Gasteiger partial charge in [0.1, 0.15) is 11.3 Å². The predicted molar refractivity (Wildman–Crippen MR) is 73.0 cm³/mol. The van der Waals surface area contributed by atoms with Crippen LogP contribution >= 0.6 is 0 Å². The lowest BCUT2D eigenvalue weighted by atomic mass is 9.98. The van der Waals surface area contributed by atoms with Crippen LogP contribution in [-0.2, 0) is 0 Å². The molecule has 0 aliphatic carbocycles. The Morgan fingerprint density at radius 2 is 1.89 bits per heavy atom. The van der Waals surface area contributed by atoms with E-state index in [0.717, 1.165) is 28.0 Å². The molecular formula is C15H14N2O2. The Kier molecular flexibility index (Phi) is 2.93. The van der Waals surface area contributed by atoms with Gasteiger partial charge in [0.15, 0.2) is 12.0 Å². The molecule has 0 bridgehead atoms. The SMILES string of the molecule is COc1ccccc1C(N)c1cccc2ncoc12. The number of ether oxygens (including phenoxy) is 1. The van der Waals surface area contributed by atoms with Gasteiger partial charge >= 0.3 is 0 Å². The molecule has 0 aliphatic heterocycles. The first kappa shape index (κ1) is 11.7. The molecule has 0 saturated carbocycles. The van der Waals surface area contributed by atoms with Crippen molar-refractivity contribution < 1.29 is 9.15 Å². The Bertz CT molecular complexity index is 706. The molecule has 19 heavy (non-hydrogen) atoms. The van der Waals surface area contributed by atoms with Gasteiger partial charge in [0, 0.05) is 11.1 Å². The van der Waals surface area contributed by atoms with E-state index >= 15 is 0 Å². The van der Waals surface area contributed by atoms with Crippen molar-refractivity contribution in [3.8, 4) is 5.75 Å². The molecule has 96 valence electrons. The van der Waals surface area contributed by atoms with Gasteiger partial charge in [-0.15, -0.1) is 0 Å². The lowest BCUT2D eigenvalue weighted by Gasteiger charge is -2.15. The summed E-state index contributed by atoms with van der Waals surface area (Å²) in [5.74, 6) is 0.770. The number of aromatic nitrogens is 1. The molecule has 1 unspecified atom stereocenters. The summed E-state index contributed by atoms with van der Waals surface area (Å²) < 4.78 is 10.8. The van der Waals surface area contributed by atoms with Crippen molar-refractivity contribution >= 4 is 11.1 Å². The van der Waals surface area contributed by atoms with Gasteiger partial charge in [-0.2, -0.15) is 0 Å². The van der Waals surface area contributed by atoms with E-state index in [1.54, 1.807) is 7.11 Å². The van der Waals surface area contributed by atoms with Gasteiger partial charge in [0.2, 0.25) is 0 Å². The van der Waals surface area contributed by atoms with Crippen LogP contribution < -0.4 is 10.5 Å². The fraction of sp³-hybridized carbons (Fsp3) is 0.133. The molecule has 0 radical (unpaired) electrons. The van der Waals surface area contributed by atoms with Crippen LogP contribution in [0.3, 0.4) is 0 Å². The van der Waals surface area contributed by atoms with E-state index in [4.69, 9.17) is 14.9 Å². The van der Waals surface area contributed by atoms with Crippen LogP contribution in [0.4, 0.5) is 0 Å². The van der Waals surface area contributed by atoms with E-state index in [9.17, 15) is 0 Å².